The Balaban J connectivity index is 2.20. The van der Waals surface area contributed by atoms with Crippen molar-refractivity contribution in [3.63, 3.8) is 0 Å². The van der Waals surface area contributed by atoms with Gasteiger partial charge in [-0.3, -0.25) is 4.98 Å². The normalized spacial score (nSPS) is 14.6. The van der Waals surface area contributed by atoms with Crippen LogP contribution >= 0.6 is 11.6 Å². The Bertz CT molecular complexity index is 743. The predicted octanol–water partition coefficient (Wildman–Crippen LogP) is 3.86. The van der Waals surface area contributed by atoms with E-state index in [1.54, 1.807) is 0 Å². The van der Waals surface area contributed by atoms with Gasteiger partial charge in [-0.1, -0.05) is 11.6 Å². The lowest BCUT2D eigenvalue weighted by molar-refractivity contribution is 0.899. The van der Waals surface area contributed by atoms with Crippen molar-refractivity contribution in [3.05, 3.63) is 40.7 Å². The minimum Gasteiger partial charge on any atom is -0.358 e. The van der Waals surface area contributed by atoms with Gasteiger partial charge in [-0.05, 0) is 43.0 Å². The van der Waals surface area contributed by atoms with Gasteiger partial charge in [0.2, 0.25) is 0 Å². The molecular formula is C14H11ClN2. The number of halogens is 1. The number of fused-ring (bicyclic) bond motifs is 5. The number of nitrogens with one attached hydrogen (secondary N) is 1. The molecule has 1 aliphatic carbocycles. The van der Waals surface area contributed by atoms with Crippen molar-refractivity contribution < 1.29 is 0 Å². The van der Waals surface area contributed by atoms with Crippen LogP contribution in [0.3, 0.4) is 0 Å². The van der Waals surface area contributed by atoms with E-state index in [1.165, 1.54) is 35.0 Å². The molecule has 0 amide bonds. The number of rotatable bonds is 0. The predicted molar refractivity (Wildman–Crippen MR) is 70.6 cm³/mol. The van der Waals surface area contributed by atoms with Crippen molar-refractivity contribution in [3.8, 4) is 0 Å². The Morgan fingerprint density at radius 2 is 2.12 bits per heavy atom. The van der Waals surface area contributed by atoms with Crippen LogP contribution in [0.2, 0.25) is 5.02 Å². The van der Waals surface area contributed by atoms with E-state index in [2.05, 4.69) is 9.97 Å². The molecule has 0 saturated heterocycles. The van der Waals surface area contributed by atoms with Gasteiger partial charge in [0.15, 0.2) is 0 Å². The van der Waals surface area contributed by atoms with Crippen LogP contribution in [0.25, 0.3) is 21.8 Å². The lowest BCUT2D eigenvalue weighted by Crippen LogP contribution is -1.83. The highest BCUT2D eigenvalue weighted by Gasteiger charge is 2.18. The maximum atomic E-state index is 6.07. The molecule has 2 aromatic heterocycles. The summed E-state index contributed by atoms with van der Waals surface area (Å²) in [6.07, 6.45) is 5.58. The summed E-state index contributed by atoms with van der Waals surface area (Å²) < 4.78 is 0. The van der Waals surface area contributed by atoms with Crippen molar-refractivity contribution in [1.29, 1.82) is 0 Å². The van der Waals surface area contributed by atoms with E-state index in [9.17, 15) is 0 Å². The van der Waals surface area contributed by atoms with E-state index in [-0.39, 0.29) is 0 Å². The first-order valence-electron chi connectivity index (χ1n) is 5.90. The van der Waals surface area contributed by atoms with Gasteiger partial charge in [0.25, 0.3) is 0 Å². The van der Waals surface area contributed by atoms with Crippen molar-refractivity contribution >= 4 is 33.4 Å². The summed E-state index contributed by atoms with van der Waals surface area (Å²) in [6, 6.07) is 5.86. The minimum atomic E-state index is 0.765. The molecule has 1 aliphatic rings. The Morgan fingerprint density at radius 1 is 1.18 bits per heavy atom. The van der Waals surface area contributed by atoms with E-state index in [4.69, 9.17) is 11.6 Å². The quantitative estimate of drug-likeness (QED) is 0.637. The molecule has 2 heterocycles. The van der Waals surface area contributed by atoms with E-state index < -0.39 is 0 Å². The number of benzene rings is 1. The van der Waals surface area contributed by atoms with E-state index >= 15 is 0 Å². The molecule has 4 rings (SSSR count). The van der Waals surface area contributed by atoms with Crippen LogP contribution in [0.4, 0.5) is 0 Å². The average molecular weight is 243 g/mol. The molecule has 0 fully saturated rings. The molecule has 3 aromatic rings. The molecule has 0 bridgehead atoms. The van der Waals surface area contributed by atoms with Gasteiger partial charge in [-0.2, -0.15) is 0 Å². The molecule has 1 N–H and O–H groups in total. The molecule has 0 saturated carbocycles. The van der Waals surface area contributed by atoms with Crippen molar-refractivity contribution in [2.45, 2.75) is 19.3 Å². The third kappa shape index (κ3) is 1.25. The highest BCUT2D eigenvalue weighted by molar-refractivity contribution is 6.31. The van der Waals surface area contributed by atoms with Crippen LogP contribution < -0.4 is 0 Å². The molecule has 84 valence electrons. The van der Waals surface area contributed by atoms with Gasteiger partial charge in [0, 0.05) is 27.7 Å². The molecule has 17 heavy (non-hydrogen) atoms. The fourth-order valence-corrected chi connectivity index (χ4v) is 3.03. The van der Waals surface area contributed by atoms with Gasteiger partial charge in [-0.15, -0.1) is 0 Å². The second-order valence-corrected chi connectivity index (χ2v) is 5.08. The van der Waals surface area contributed by atoms with Crippen LogP contribution in [0.15, 0.2) is 24.4 Å². The molecule has 3 heteroatoms. The molecule has 0 atom stereocenters. The highest BCUT2D eigenvalue weighted by atomic mass is 35.5. The number of hydrogen-bond acceptors (Lipinski definition) is 1. The highest BCUT2D eigenvalue weighted by Crippen LogP contribution is 2.33. The number of hydrogen-bond donors (Lipinski definition) is 1. The zero-order valence-electron chi connectivity index (χ0n) is 9.26. The Labute approximate surface area is 104 Å². The zero-order valence-corrected chi connectivity index (χ0v) is 10.0. The zero-order chi connectivity index (χ0) is 11.4. The molecule has 0 radical (unpaired) electrons. The number of aryl methyl sites for hydroxylation is 2. The number of pyridine rings is 1. The van der Waals surface area contributed by atoms with Crippen LogP contribution in [0, 0.1) is 0 Å². The lowest BCUT2D eigenvalue weighted by atomic mass is 10.1. The summed E-state index contributed by atoms with van der Waals surface area (Å²) in [5.41, 5.74) is 5.03. The first-order valence-corrected chi connectivity index (χ1v) is 6.28. The smallest absolute Gasteiger partial charge is 0.0724 e. The minimum absolute atomic E-state index is 0.765. The summed E-state index contributed by atoms with van der Waals surface area (Å²) in [7, 11) is 0. The van der Waals surface area contributed by atoms with Crippen molar-refractivity contribution in [1.82, 2.24) is 9.97 Å². The largest absolute Gasteiger partial charge is 0.358 e. The molecule has 2 nitrogen and oxygen atoms in total. The average Bonchev–Trinajstić information content (AvgIpc) is 2.88. The Kier molecular flexibility index (Phi) is 1.80. The van der Waals surface area contributed by atoms with Crippen LogP contribution in [-0.4, -0.2) is 9.97 Å². The summed E-state index contributed by atoms with van der Waals surface area (Å²) >= 11 is 6.07. The molecular weight excluding hydrogens is 232 g/mol. The fraction of sp³-hybridized carbons (Fsp3) is 0.214. The number of aromatic nitrogens is 2. The summed E-state index contributed by atoms with van der Waals surface area (Å²) in [6.45, 7) is 0. The monoisotopic (exact) mass is 242 g/mol. The fourth-order valence-electron chi connectivity index (χ4n) is 2.86. The summed E-state index contributed by atoms with van der Waals surface area (Å²) in [4.78, 5) is 8.07. The maximum Gasteiger partial charge on any atom is 0.0724 e. The van der Waals surface area contributed by atoms with Gasteiger partial charge in [0.1, 0.15) is 0 Å². The maximum absolute atomic E-state index is 6.07. The van der Waals surface area contributed by atoms with Gasteiger partial charge < -0.3 is 4.98 Å². The topological polar surface area (TPSA) is 28.7 Å². The van der Waals surface area contributed by atoms with Gasteiger partial charge in [0.05, 0.1) is 11.0 Å². The van der Waals surface area contributed by atoms with E-state index in [0.717, 1.165) is 22.3 Å². The molecule has 0 aliphatic heterocycles. The summed E-state index contributed by atoms with van der Waals surface area (Å²) in [5, 5.41) is 3.17. The molecule has 0 spiro atoms. The van der Waals surface area contributed by atoms with Crippen LogP contribution in [0.5, 0.6) is 0 Å². The number of nitrogens with zero attached hydrogens (tertiary/aromatic N) is 1. The van der Waals surface area contributed by atoms with Crippen LogP contribution in [0.1, 0.15) is 17.7 Å². The first-order chi connectivity index (χ1) is 8.33. The number of aromatic amines is 1. The summed E-state index contributed by atoms with van der Waals surface area (Å²) in [5.74, 6) is 0. The van der Waals surface area contributed by atoms with Crippen LogP contribution in [-0.2, 0) is 12.8 Å². The second kappa shape index (κ2) is 3.23. The van der Waals surface area contributed by atoms with Crippen molar-refractivity contribution in [2.24, 2.45) is 0 Å². The van der Waals surface area contributed by atoms with E-state index in [1.807, 2.05) is 24.4 Å². The lowest BCUT2D eigenvalue weighted by Gasteiger charge is -2.00. The number of H-pyrrole nitrogens is 1. The van der Waals surface area contributed by atoms with Gasteiger partial charge in [-0.25, -0.2) is 0 Å². The molecule has 0 unspecified atom stereocenters. The Morgan fingerprint density at radius 3 is 3.06 bits per heavy atom. The Hall–Kier alpha value is -1.54. The molecule has 1 aromatic carbocycles. The van der Waals surface area contributed by atoms with Gasteiger partial charge >= 0.3 is 0 Å². The third-order valence-corrected chi connectivity index (χ3v) is 3.88. The third-order valence-electron chi connectivity index (χ3n) is 3.65. The SMILES string of the molecule is Clc1ccc2ncc3c4c([nH]c3c2c1)CCC4. The first kappa shape index (κ1) is 9.49. The standard InChI is InChI=1S/C14H11ClN2/c15-8-4-5-12-10(6-8)14-11(7-16-12)9-2-1-3-13(9)17-14/h4-7,17H,1-3H2. The second-order valence-electron chi connectivity index (χ2n) is 4.64. The van der Waals surface area contributed by atoms with E-state index in [0.29, 0.717) is 0 Å². The van der Waals surface area contributed by atoms with Crippen molar-refractivity contribution in [2.75, 3.05) is 0 Å².